The minimum absolute atomic E-state index is 0.0455. The number of allylic oxidation sites excluding steroid dienone is 2. The number of unbranched alkanes of at least 4 members (excludes halogenated alkanes) is 40. The van der Waals surface area contributed by atoms with Crippen molar-refractivity contribution in [3.63, 3.8) is 0 Å². The Labute approximate surface area is 429 Å². The van der Waals surface area contributed by atoms with E-state index >= 15 is 0 Å². The van der Waals surface area contributed by atoms with E-state index in [0.717, 1.165) is 38.5 Å². The zero-order chi connectivity index (χ0) is 50.6. The van der Waals surface area contributed by atoms with Crippen molar-refractivity contribution in [1.29, 1.82) is 0 Å². The maximum Gasteiger partial charge on any atom is 0.362 e. The molecule has 0 heterocycles. The van der Waals surface area contributed by atoms with E-state index < -0.39 is 18.1 Å². The largest absolute Gasteiger partial charge is 0.477 e. The van der Waals surface area contributed by atoms with Gasteiger partial charge >= 0.3 is 17.9 Å². The molecule has 0 fully saturated rings. The molecule has 2 unspecified atom stereocenters. The van der Waals surface area contributed by atoms with Gasteiger partial charge in [-0.2, -0.15) is 0 Å². The molecular weight excluding hydrogens is 859 g/mol. The van der Waals surface area contributed by atoms with E-state index in [4.69, 9.17) is 14.2 Å². The summed E-state index contributed by atoms with van der Waals surface area (Å²) in [5.41, 5.74) is 0. The molecule has 0 spiro atoms. The van der Waals surface area contributed by atoms with Gasteiger partial charge in [-0.05, 0) is 38.5 Å². The third-order valence-electron chi connectivity index (χ3n) is 14.2. The van der Waals surface area contributed by atoms with Gasteiger partial charge in [0.25, 0.3) is 0 Å². The van der Waals surface area contributed by atoms with Crippen molar-refractivity contribution < 1.29 is 38.2 Å². The fourth-order valence-electron chi connectivity index (χ4n) is 9.50. The van der Waals surface area contributed by atoms with Crippen LogP contribution in [0.1, 0.15) is 309 Å². The zero-order valence-corrected chi connectivity index (χ0v) is 46.8. The van der Waals surface area contributed by atoms with Crippen molar-refractivity contribution in [1.82, 2.24) is 0 Å². The van der Waals surface area contributed by atoms with E-state index in [2.05, 4.69) is 26.0 Å². The highest BCUT2D eigenvalue weighted by Crippen LogP contribution is 2.18. The molecule has 0 rings (SSSR count). The molecule has 8 nitrogen and oxygen atoms in total. The Morgan fingerprint density at radius 1 is 0.420 bits per heavy atom. The molecule has 69 heavy (non-hydrogen) atoms. The van der Waals surface area contributed by atoms with Crippen LogP contribution < -0.4 is 0 Å². The number of carboxylic acids is 1. The summed E-state index contributed by atoms with van der Waals surface area (Å²) in [5, 5.41) is 9.69. The van der Waals surface area contributed by atoms with E-state index in [1.807, 2.05) is 21.1 Å². The van der Waals surface area contributed by atoms with Crippen molar-refractivity contribution in [2.75, 3.05) is 41.0 Å². The van der Waals surface area contributed by atoms with Crippen LogP contribution in [0.3, 0.4) is 0 Å². The number of hydrogen-bond donors (Lipinski definition) is 1. The fraction of sp³-hybridized carbons (Fsp3) is 0.918. The molecule has 408 valence electrons. The summed E-state index contributed by atoms with van der Waals surface area (Å²) in [6.45, 7) is 4.81. The SMILES string of the molecule is CCCCCCCCCCCCC/C=C/CCCCCCCCCC(=O)OC(COCCC(C(=O)O)[N+](C)(C)C)COC(=O)CCCCCCCCCCCCCCCCCCCCCCCCC. The summed E-state index contributed by atoms with van der Waals surface area (Å²) in [7, 11) is 5.56. The summed E-state index contributed by atoms with van der Waals surface area (Å²) in [4.78, 5) is 37.3. The molecule has 0 radical (unpaired) electrons. The average molecular weight is 978 g/mol. The number of nitrogens with zero attached hydrogens (tertiary/aromatic N) is 1. The monoisotopic (exact) mass is 977 g/mol. The smallest absolute Gasteiger partial charge is 0.362 e. The molecule has 0 aliphatic rings. The summed E-state index contributed by atoms with van der Waals surface area (Å²) in [6, 6.07) is -0.613. The molecule has 0 aliphatic carbocycles. The minimum atomic E-state index is -0.869. The molecule has 0 aromatic carbocycles. The lowest BCUT2D eigenvalue weighted by Crippen LogP contribution is -2.50. The predicted octanol–water partition coefficient (Wildman–Crippen LogP) is 18.2. The molecule has 2 atom stereocenters. The second-order valence-corrected chi connectivity index (χ2v) is 22.0. The van der Waals surface area contributed by atoms with E-state index in [1.54, 1.807) is 0 Å². The molecule has 0 aromatic rings. The first-order valence-electron chi connectivity index (χ1n) is 30.2. The standard InChI is InChI=1S/C61H117NO7/c1-6-8-10-12-14-16-18-20-22-24-26-28-30-32-33-35-37-39-41-43-45-47-49-51-59(63)68-56-57(55-67-54-53-58(61(65)66)62(3,4)5)69-60(64)52-50-48-46-44-42-40-38-36-34-31-29-27-25-23-21-19-17-15-13-11-9-7-2/h31,34,57-58H,6-30,32-33,35-56H2,1-5H3/p+1/b34-31+. The first kappa shape index (κ1) is 67.1. The van der Waals surface area contributed by atoms with Crippen LogP contribution in [0.5, 0.6) is 0 Å². The highest BCUT2D eigenvalue weighted by atomic mass is 16.6. The number of aliphatic carboxylic acids is 1. The highest BCUT2D eigenvalue weighted by molar-refractivity contribution is 5.72. The van der Waals surface area contributed by atoms with Gasteiger partial charge in [-0.1, -0.05) is 264 Å². The number of carbonyl (C=O) groups excluding carboxylic acids is 2. The Bertz CT molecular complexity index is 1140. The third-order valence-corrected chi connectivity index (χ3v) is 14.2. The molecule has 8 heteroatoms. The summed E-state index contributed by atoms with van der Waals surface area (Å²) in [6.07, 6.45) is 61.4. The molecule has 1 N–H and O–H groups in total. The Kier molecular flexibility index (Phi) is 50.9. The highest BCUT2D eigenvalue weighted by Gasteiger charge is 2.31. The summed E-state index contributed by atoms with van der Waals surface area (Å²) in [5.74, 6) is -1.44. The number of hydrogen-bond acceptors (Lipinski definition) is 6. The van der Waals surface area contributed by atoms with Gasteiger partial charge in [0.15, 0.2) is 12.1 Å². The average Bonchev–Trinajstić information content (AvgIpc) is 3.31. The number of esters is 2. The van der Waals surface area contributed by atoms with Crippen LogP contribution in [0.15, 0.2) is 12.2 Å². The van der Waals surface area contributed by atoms with Gasteiger partial charge in [-0.15, -0.1) is 0 Å². The molecule has 0 saturated carbocycles. The van der Waals surface area contributed by atoms with Gasteiger partial charge in [-0.3, -0.25) is 9.59 Å². The summed E-state index contributed by atoms with van der Waals surface area (Å²) >= 11 is 0. The van der Waals surface area contributed by atoms with Crippen molar-refractivity contribution in [2.45, 2.75) is 321 Å². The molecule has 0 aliphatic heterocycles. The maximum atomic E-state index is 12.8. The minimum Gasteiger partial charge on any atom is -0.477 e. The Morgan fingerprint density at radius 3 is 1.04 bits per heavy atom. The molecule has 0 saturated heterocycles. The lowest BCUT2D eigenvalue weighted by atomic mass is 10.0. The van der Waals surface area contributed by atoms with E-state index in [9.17, 15) is 19.5 Å². The second kappa shape index (κ2) is 52.4. The Hall–Kier alpha value is -1.93. The van der Waals surface area contributed by atoms with Crippen LogP contribution in [0.25, 0.3) is 0 Å². The van der Waals surface area contributed by atoms with E-state index in [1.165, 1.54) is 238 Å². The van der Waals surface area contributed by atoms with Crippen molar-refractivity contribution in [2.24, 2.45) is 0 Å². The van der Waals surface area contributed by atoms with Crippen LogP contribution in [-0.4, -0.2) is 80.6 Å². The van der Waals surface area contributed by atoms with Crippen LogP contribution in [0, 0.1) is 0 Å². The van der Waals surface area contributed by atoms with Gasteiger partial charge in [0.05, 0.1) is 34.4 Å². The summed E-state index contributed by atoms with van der Waals surface area (Å²) < 4.78 is 17.4. The van der Waals surface area contributed by atoms with Crippen LogP contribution in [-0.2, 0) is 28.6 Å². The lowest BCUT2D eigenvalue weighted by molar-refractivity contribution is -0.887. The maximum absolute atomic E-state index is 12.8. The second-order valence-electron chi connectivity index (χ2n) is 22.0. The molecule has 0 amide bonds. The molecule has 0 bridgehead atoms. The van der Waals surface area contributed by atoms with Crippen molar-refractivity contribution >= 4 is 17.9 Å². The quantitative estimate of drug-likeness (QED) is 0.0280. The normalized spacial score (nSPS) is 12.8. The third kappa shape index (κ3) is 50.8. The van der Waals surface area contributed by atoms with Gasteiger partial charge < -0.3 is 23.8 Å². The van der Waals surface area contributed by atoms with Crippen molar-refractivity contribution in [3.05, 3.63) is 12.2 Å². The van der Waals surface area contributed by atoms with Gasteiger partial charge in [0.1, 0.15) is 6.61 Å². The van der Waals surface area contributed by atoms with Crippen LogP contribution >= 0.6 is 0 Å². The Morgan fingerprint density at radius 2 is 0.725 bits per heavy atom. The molecular formula is C61H118NO7+. The van der Waals surface area contributed by atoms with E-state index in [-0.39, 0.29) is 36.2 Å². The number of carboxylic acid groups (broad SMARTS) is 1. The zero-order valence-electron chi connectivity index (χ0n) is 46.8. The fourth-order valence-corrected chi connectivity index (χ4v) is 9.50. The number of ether oxygens (including phenoxy) is 3. The van der Waals surface area contributed by atoms with Crippen molar-refractivity contribution in [3.8, 4) is 0 Å². The number of carbonyl (C=O) groups is 3. The first-order valence-corrected chi connectivity index (χ1v) is 30.2. The van der Waals surface area contributed by atoms with Gasteiger partial charge in [0.2, 0.25) is 0 Å². The lowest BCUT2D eigenvalue weighted by Gasteiger charge is -2.31. The Balaban J connectivity index is 4.10. The number of quaternary nitrogens is 1. The predicted molar refractivity (Wildman–Crippen MR) is 294 cm³/mol. The first-order chi connectivity index (χ1) is 33.6. The van der Waals surface area contributed by atoms with E-state index in [0.29, 0.717) is 19.3 Å². The van der Waals surface area contributed by atoms with Gasteiger partial charge in [-0.25, -0.2) is 4.79 Å². The van der Waals surface area contributed by atoms with Gasteiger partial charge in [0, 0.05) is 19.3 Å². The topological polar surface area (TPSA) is 99.1 Å². The van der Waals surface area contributed by atoms with Crippen LogP contribution in [0.2, 0.25) is 0 Å². The molecule has 0 aromatic heterocycles. The number of likely N-dealkylation sites (N-methyl/N-ethyl adjacent to an activating group) is 1. The number of rotatable bonds is 56. The van der Waals surface area contributed by atoms with Crippen LogP contribution in [0.4, 0.5) is 0 Å².